The van der Waals surface area contributed by atoms with E-state index in [0.717, 1.165) is 11.1 Å². The van der Waals surface area contributed by atoms with Crippen molar-refractivity contribution in [2.24, 2.45) is 0 Å². The van der Waals surface area contributed by atoms with Crippen LogP contribution in [0.5, 0.6) is 0 Å². The van der Waals surface area contributed by atoms with Crippen LogP contribution in [0.15, 0.2) is 30.6 Å². The molecule has 1 aromatic heterocycles. The Balaban J connectivity index is 2.65. The lowest BCUT2D eigenvalue weighted by atomic mass is 10.1. The summed E-state index contributed by atoms with van der Waals surface area (Å²) in [5.41, 5.74) is 0.876. The van der Waals surface area contributed by atoms with Gasteiger partial charge in [0.05, 0.1) is 16.9 Å². The van der Waals surface area contributed by atoms with Gasteiger partial charge in [-0.3, -0.25) is 15.1 Å². The van der Waals surface area contributed by atoms with E-state index in [4.69, 9.17) is 0 Å². The molecule has 0 fully saturated rings. The maximum Gasteiger partial charge on any atom is 0.278 e. The summed E-state index contributed by atoms with van der Waals surface area (Å²) in [6, 6.07) is 4.85. The van der Waals surface area contributed by atoms with Crippen molar-refractivity contribution in [3.8, 4) is 0 Å². The lowest BCUT2D eigenvalue weighted by molar-refractivity contribution is -0.383. The van der Waals surface area contributed by atoms with Gasteiger partial charge in [-0.15, -0.1) is 0 Å². The molecule has 0 bridgehead atoms. The fraction of sp³-hybridized carbons (Fsp3) is 0.308. The van der Waals surface area contributed by atoms with Gasteiger partial charge in [-0.25, -0.2) is 0 Å². The lowest BCUT2D eigenvalue weighted by Crippen LogP contribution is -2.31. The lowest BCUT2D eigenvalue weighted by Gasteiger charge is -2.26. The van der Waals surface area contributed by atoms with Gasteiger partial charge in [-0.05, 0) is 19.1 Å². The van der Waals surface area contributed by atoms with Gasteiger partial charge in [0.2, 0.25) is 0 Å². The van der Waals surface area contributed by atoms with Gasteiger partial charge in [-0.2, -0.15) is 0 Å². The molecule has 0 aliphatic carbocycles. The van der Waals surface area contributed by atoms with Crippen LogP contribution in [0.3, 0.4) is 0 Å². The Kier molecular flexibility index (Phi) is 3.62. The van der Waals surface area contributed by atoms with Crippen LogP contribution in [-0.4, -0.2) is 34.7 Å². The molecule has 1 atom stereocenters. The number of aliphatic hydroxyl groups excluding tert-OH is 1. The molecule has 0 radical (unpaired) electrons. The number of non-ortho nitro benzene ring substituents is 1. The number of aliphatic hydroxyl groups is 1. The second-order valence-corrected chi connectivity index (χ2v) is 4.42. The molecule has 6 heteroatoms. The zero-order valence-electron chi connectivity index (χ0n) is 10.8. The van der Waals surface area contributed by atoms with Crippen molar-refractivity contribution < 1.29 is 10.0 Å². The number of likely N-dealkylation sites (N-methyl/N-ethyl adjacent to an activating group) is 1. The minimum Gasteiger partial charge on any atom is -0.394 e. The summed E-state index contributed by atoms with van der Waals surface area (Å²) < 4.78 is 0. The SMILES string of the molecule is CC(CO)N(C)c1ccc([N+](=O)[O-])c2cnccc12. The van der Waals surface area contributed by atoms with Crippen LogP contribution in [0.2, 0.25) is 0 Å². The molecule has 2 rings (SSSR count). The molecular formula is C13H15N3O3. The van der Waals surface area contributed by atoms with Crippen LogP contribution >= 0.6 is 0 Å². The van der Waals surface area contributed by atoms with Crippen molar-refractivity contribution in [1.82, 2.24) is 4.98 Å². The first-order valence-corrected chi connectivity index (χ1v) is 5.91. The van der Waals surface area contributed by atoms with Crippen molar-refractivity contribution in [3.05, 3.63) is 40.7 Å². The highest BCUT2D eigenvalue weighted by Gasteiger charge is 2.18. The summed E-state index contributed by atoms with van der Waals surface area (Å²) in [7, 11) is 1.85. The third-order valence-corrected chi connectivity index (χ3v) is 3.27. The van der Waals surface area contributed by atoms with Gasteiger partial charge in [-0.1, -0.05) is 0 Å². The number of nitro groups is 1. The highest BCUT2D eigenvalue weighted by Crippen LogP contribution is 2.33. The van der Waals surface area contributed by atoms with E-state index >= 15 is 0 Å². The minimum absolute atomic E-state index is 0.0140. The monoisotopic (exact) mass is 261 g/mol. The maximum atomic E-state index is 11.0. The van der Waals surface area contributed by atoms with E-state index in [1.807, 2.05) is 18.9 Å². The molecular weight excluding hydrogens is 246 g/mol. The number of rotatable bonds is 4. The third kappa shape index (κ3) is 2.34. The molecule has 1 N–H and O–H groups in total. The molecule has 2 aromatic rings. The fourth-order valence-corrected chi connectivity index (χ4v) is 1.99. The van der Waals surface area contributed by atoms with Crippen molar-refractivity contribution in [1.29, 1.82) is 0 Å². The van der Waals surface area contributed by atoms with Crippen molar-refractivity contribution in [2.75, 3.05) is 18.6 Å². The van der Waals surface area contributed by atoms with Gasteiger partial charge in [0, 0.05) is 42.6 Å². The van der Waals surface area contributed by atoms with Gasteiger partial charge in [0.15, 0.2) is 0 Å². The first kappa shape index (κ1) is 13.2. The molecule has 0 amide bonds. The predicted octanol–water partition coefficient (Wildman–Crippen LogP) is 1.96. The normalized spacial score (nSPS) is 12.4. The van der Waals surface area contributed by atoms with E-state index in [0.29, 0.717) is 5.39 Å². The number of nitrogens with zero attached hydrogens (tertiary/aromatic N) is 3. The van der Waals surface area contributed by atoms with E-state index in [1.165, 1.54) is 12.3 Å². The van der Waals surface area contributed by atoms with Crippen LogP contribution in [-0.2, 0) is 0 Å². The standard InChI is InChI=1S/C13H15N3O3/c1-9(8-17)15(2)12-3-4-13(16(18)19)11-7-14-6-5-10(11)12/h3-7,9,17H,8H2,1-2H3. The van der Waals surface area contributed by atoms with Crippen LogP contribution in [0.4, 0.5) is 11.4 Å². The molecule has 0 aliphatic heterocycles. The minimum atomic E-state index is -0.413. The Labute approximate surface area is 110 Å². The number of hydrogen-bond acceptors (Lipinski definition) is 5. The zero-order valence-corrected chi connectivity index (χ0v) is 10.8. The molecule has 0 saturated carbocycles. The van der Waals surface area contributed by atoms with Gasteiger partial charge < -0.3 is 10.0 Å². The van der Waals surface area contributed by atoms with Crippen LogP contribution in [0.25, 0.3) is 10.8 Å². The average molecular weight is 261 g/mol. The topological polar surface area (TPSA) is 79.5 Å². The Morgan fingerprint density at radius 2 is 2.16 bits per heavy atom. The number of fused-ring (bicyclic) bond motifs is 1. The highest BCUT2D eigenvalue weighted by atomic mass is 16.6. The number of hydrogen-bond donors (Lipinski definition) is 1. The van der Waals surface area contributed by atoms with Crippen molar-refractivity contribution in [3.63, 3.8) is 0 Å². The summed E-state index contributed by atoms with van der Waals surface area (Å²) >= 11 is 0. The van der Waals surface area contributed by atoms with Crippen LogP contribution < -0.4 is 4.90 Å². The van der Waals surface area contributed by atoms with Gasteiger partial charge in [0.25, 0.3) is 5.69 Å². The molecule has 1 aromatic carbocycles. The number of nitro benzene ring substituents is 1. The first-order valence-electron chi connectivity index (χ1n) is 5.91. The Hall–Kier alpha value is -2.21. The molecule has 0 saturated heterocycles. The van der Waals surface area contributed by atoms with Crippen molar-refractivity contribution in [2.45, 2.75) is 13.0 Å². The van der Waals surface area contributed by atoms with Crippen LogP contribution in [0, 0.1) is 10.1 Å². The number of benzene rings is 1. The Morgan fingerprint density at radius 1 is 1.42 bits per heavy atom. The fourth-order valence-electron chi connectivity index (χ4n) is 1.99. The highest BCUT2D eigenvalue weighted by molar-refractivity contribution is 5.99. The second-order valence-electron chi connectivity index (χ2n) is 4.42. The maximum absolute atomic E-state index is 11.0. The molecule has 0 aliphatic rings. The van der Waals surface area contributed by atoms with Gasteiger partial charge in [0.1, 0.15) is 0 Å². The Bertz CT molecular complexity index is 615. The molecule has 0 spiro atoms. The summed E-state index contributed by atoms with van der Waals surface area (Å²) in [6.45, 7) is 1.90. The largest absolute Gasteiger partial charge is 0.394 e. The Morgan fingerprint density at radius 3 is 2.79 bits per heavy atom. The zero-order chi connectivity index (χ0) is 14.0. The summed E-state index contributed by atoms with van der Waals surface area (Å²) in [5, 5.41) is 21.5. The second kappa shape index (κ2) is 5.19. The van der Waals surface area contributed by atoms with Crippen LogP contribution in [0.1, 0.15) is 6.92 Å². The van der Waals surface area contributed by atoms with E-state index < -0.39 is 4.92 Å². The first-order chi connectivity index (χ1) is 9.06. The smallest absolute Gasteiger partial charge is 0.278 e. The number of aromatic nitrogens is 1. The number of pyridine rings is 1. The average Bonchev–Trinajstić information content (AvgIpc) is 2.44. The quantitative estimate of drug-likeness (QED) is 0.672. The third-order valence-electron chi connectivity index (χ3n) is 3.27. The van der Waals surface area contributed by atoms with E-state index in [-0.39, 0.29) is 18.3 Å². The summed E-state index contributed by atoms with van der Waals surface area (Å²) in [4.78, 5) is 16.4. The summed E-state index contributed by atoms with van der Waals surface area (Å²) in [5.74, 6) is 0. The summed E-state index contributed by atoms with van der Waals surface area (Å²) in [6.07, 6.45) is 3.10. The van der Waals surface area contributed by atoms with E-state index in [1.54, 1.807) is 18.3 Å². The van der Waals surface area contributed by atoms with E-state index in [9.17, 15) is 15.2 Å². The predicted molar refractivity (Wildman–Crippen MR) is 73.3 cm³/mol. The molecule has 6 nitrogen and oxygen atoms in total. The van der Waals surface area contributed by atoms with E-state index in [2.05, 4.69) is 4.98 Å². The molecule has 100 valence electrons. The van der Waals surface area contributed by atoms with Gasteiger partial charge >= 0.3 is 0 Å². The molecule has 19 heavy (non-hydrogen) atoms. The number of anilines is 1. The molecule has 1 heterocycles. The van der Waals surface area contributed by atoms with Crippen molar-refractivity contribution >= 4 is 22.1 Å². The molecule has 1 unspecified atom stereocenters.